The highest BCUT2D eigenvalue weighted by Crippen LogP contribution is 2.35. The maximum Gasteiger partial charge on any atom is 0.573 e. The van der Waals surface area contributed by atoms with Crippen molar-refractivity contribution in [1.29, 1.82) is 0 Å². The number of nitro benzene ring substituents is 1. The molecular formula is C25H25F3N4O5. The number of nitro groups is 1. The number of benzene rings is 2. The number of ether oxygens (including phenoxy) is 2. The fourth-order valence-electron chi connectivity index (χ4n) is 4.78. The minimum atomic E-state index is -4.77. The zero-order valence-corrected chi connectivity index (χ0v) is 19.7. The van der Waals surface area contributed by atoms with E-state index in [0.717, 1.165) is 18.4 Å². The van der Waals surface area contributed by atoms with Crippen LogP contribution in [-0.2, 0) is 0 Å². The maximum absolute atomic E-state index is 13.1. The number of hydrogen-bond donors (Lipinski definition) is 0. The summed E-state index contributed by atoms with van der Waals surface area (Å²) >= 11 is 0. The molecule has 12 heteroatoms. The van der Waals surface area contributed by atoms with Gasteiger partial charge in [-0.05, 0) is 49.1 Å². The molecule has 9 nitrogen and oxygen atoms in total. The van der Waals surface area contributed by atoms with E-state index >= 15 is 0 Å². The van der Waals surface area contributed by atoms with Gasteiger partial charge in [-0.2, -0.15) is 0 Å². The van der Waals surface area contributed by atoms with Crippen LogP contribution in [0.15, 0.2) is 60.9 Å². The molecule has 2 aromatic carbocycles. The van der Waals surface area contributed by atoms with Crippen molar-refractivity contribution in [3.05, 3.63) is 76.6 Å². The lowest BCUT2D eigenvalue weighted by Gasteiger charge is -2.41. The van der Waals surface area contributed by atoms with Gasteiger partial charge in [0.1, 0.15) is 11.5 Å². The van der Waals surface area contributed by atoms with E-state index in [4.69, 9.17) is 4.74 Å². The number of likely N-dealkylation sites (tertiary alicyclic amines) is 1. The molecule has 1 aliphatic carbocycles. The first-order chi connectivity index (χ1) is 17.6. The van der Waals surface area contributed by atoms with E-state index < -0.39 is 17.4 Å². The van der Waals surface area contributed by atoms with Gasteiger partial charge in [-0.1, -0.05) is 12.1 Å². The Morgan fingerprint density at radius 3 is 2.14 bits per heavy atom. The Morgan fingerprint density at radius 2 is 1.54 bits per heavy atom. The molecule has 0 spiro atoms. The summed E-state index contributed by atoms with van der Waals surface area (Å²) in [5.41, 5.74) is 0.673. The largest absolute Gasteiger partial charge is 0.573 e. The number of carbonyl (C=O) groups is 1. The average molecular weight is 518 g/mol. The summed E-state index contributed by atoms with van der Waals surface area (Å²) in [4.78, 5) is 29.5. The van der Waals surface area contributed by atoms with Crippen LogP contribution >= 0.6 is 0 Å². The molecular weight excluding hydrogens is 493 g/mol. The van der Waals surface area contributed by atoms with E-state index in [0.29, 0.717) is 32.2 Å². The molecule has 2 unspecified atom stereocenters. The summed E-state index contributed by atoms with van der Waals surface area (Å²) in [5.74, 6) is -0.268. The van der Waals surface area contributed by atoms with Crippen LogP contribution in [-0.4, -0.2) is 63.9 Å². The first kappa shape index (κ1) is 24.7. The fourth-order valence-corrected chi connectivity index (χ4v) is 4.78. The fraction of sp³-hybridized carbons (Fsp3) is 0.400. The van der Waals surface area contributed by atoms with E-state index in [1.165, 1.54) is 36.4 Å². The van der Waals surface area contributed by atoms with Gasteiger partial charge in [0.05, 0.1) is 11.6 Å². The Kier molecular flexibility index (Phi) is 6.57. The van der Waals surface area contributed by atoms with Gasteiger partial charge in [0.2, 0.25) is 0 Å². The first-order valence-corrected chi connectivity index (χ1v) is 11.9. The number of halogens is 3. The summed E-state index contributed by atoms with van der Waals surface area (Å²) in [5, 5.41) is 10.9. The van der Waals surface area contributed by atoms with Crippen LogP contribution in [0.25, 0.3) is 0 Å². The third-order valence-corrected chi connectivity index (χ3v) is 6.79. The summed E-state index contributed by atoms with van der Waals surface area (Å²) in [7, 11) is 0. The van der Waals surface area contributed by atoms with Gasteiger partial charge in [-0.3, -0.25) is 10.1 Å². The summed E-state index contributed by atoms with van der Waals surface area (Å²) in [6.07, 6.45) is 1.73. The molecule has 3 aliphatic rings. The summed E-state index contributed by atoms with van der Waals surface area (Å²) < 4.78 is 47.2. The molecule has 0 radical (unpaired) electrons. The molecule has 1 saturated carbocycles. The van der Waals surface area contributed by atoms with Crippen molar-refractivity contribution in [3.8, 4) is 11.5 Å². The standard InChI is InChI=1S/C25H25F3N4O5/c26-25(27,28)37-23-7-1-17(2-8-23)18-13-21(30-12-11-29(16-30)19-3-4-19)15-31(14-18)24(33)36-22-9-5-20(6-10-22)32(34)35/h1-2,5-12,18-19,21H,3-4,13-16H2. The predicted molar refractivity (Wildman–Crippen MR) is 126 cm³/mol. The normalized spacial score (nSPS) is 21.8. The van der Waals surface area contributed by atoms with E-state index in [1.807, 2.05) is 6.20 Å². The van der Waals surface area contributed by atoms with Crippen molar-refractivity contribution >= 4 is 11.8 Å². The SMILES string of the molecule is O=C(Oc1ccc([N+](=O)[O-])cc1)N1CC(c2ccc(OC(F)(F)F)cc2)CC(N2C=CN(C3CC3)C2)C1. The number of piperidine rings is 1. The number of alkyl halides is 3. The van der Waals surface area contributed by atoms with Crippen LogP contribution in [0.4, 0.5) is 23.7 Å². The Bertz CT molecular complexity index is 1170. The lowest BCUT2D eigenvalue weighted by Crippen LogP contribution is -2.52. The molecule has 196 valence electrons. The monoisotopic (exact) mass is 518 g/mol. The molecule has 2 atom stereocenters. The van der Waals surface area contributed by atoms with Gasteiger partial charge in [-0.15, -0.1) is 13.2 Å². The van der Waals surface area contributed by atoms with Crippen molar-refractivity contribution < 1.29 is 32.4 Å². The van der Waals surface area contributed by atoms with Gasteiger partial charge < -0.3 is 24.2 Å². The summed E-state index contributed by atoms with van der Waals surface area (Å²) in [6.45, 7) is 1.43. The van der Waals surface area contributed by atoms with Crippen LogP contribution in [0, 0.1) is 10.1 Å². The molecule has 5 rings (SSSR count). The lowest BCUT2D eigenvalue weighted by atomic mass is 9.87. The second kappa shape index (κ2) is 9.83. The summed E-state index contributed by atoms with van der Waals surface area (Å²) in [6, 6.07) is 11.5. The third-order valence-electron chi connectivity index (χ3n) is 6.79. The van der Waals surface area contributed by atoms with E-state index in [-0.39, 0.29) is 29.1 Å². The van der Waals surface area contributed by atoms with Crippen LogP contribution < -0.4 is 9.47 Å². The van der Waals surface area contributed by atoms with Crippen molar-refractivity contribution in [2.24, 2.45) is 0 Å². The zero-order chi connectivity index (χ0) is 26.2. The maximum atomic E-state index is 13.1. The molecule has 2 aliphatic heterocycles. The number of non-ortho nitro benzene ring substituents is 1. The van der Waals surface area contributed by atoms with Gasteiger partial charge in [0, 0.05) is 55.6 Å². The number of hydrogen-bond acceptors (Lipinski definition) is 7. The lowest BCUT2D eigenvalue weighted by molar-refractivity contribution is -0.384. The second-order valence-corrected chi connectivity index (χ2v) is 9.43. The van der Waals surface area contributed by atoms with Crippen molar-refractivity contribution in [2.75, 3.05) is 19.8 Å². The van der Waals surface area contributed by atoms with Gasteiger partial charge in [-0.25, -0.2) is 4.79 Å². The van der Waals surface area contributed by atoms with E-state index in [9.17, 15) is 28.1 Å². The Balaban J connectivity index is 1.32. The van der Waals surface area contributed by atoms with Crippen LogP contribution in [0.3, 0.4) is 0 Å². The molecule has 0 N–H and O–H groups in total. The van der Waals surface area contributed by atoms with Gasteiger partial charge in [0.15, 0.2) is 0 Å². The Morgan fingerprint density at radius 1 is 0.919 bits per heavy atom. The average Bonchev–Trinajstić information content (AvgIpc) is 3.59. The highest BCUT2D eigenvalue weighted by Gasteiger charge is 2.38. The highest BCUT2D eigenvalue weighted by molar-refractivity contribution is 5.71. The molecule has 2 fully saturated rings. The van der Waals surface area contributed by atoms with Gasteiger partial charge >= 0.3 is 12.5 Å². The minimum Gasteiger partial charge on any atom is -0.410 e. The molecule has 2 heterocycles. The van der Waals surface area contributed by atoms with Crippen molar-refractivity contribution in [1.82, 2.24) is 14.7 Å². The zero-order valence-electron chi connectivity index (χ0n) is 19.7. The second-order valence-electron chi connectivity index (χ2n) is 9.43. The number of amides is 1. The first-order valence-electron chi connectivity index (χ1n) is 11.9. The highest BCUT2D eigenvalue weighted by atomic mass is 19.4. The number of rotatable bonds is 6. The minimum absolute atomic E-state index is 0.0331. The smallest absolute Gasteiger partial charge is 0.410 e. The van der Waals surface area contributed by atoms with Gasteiger partial charge in [0.25, 0.3) is 5.69 Å². The topological polar surface area (TPSA) is 88.4 Å². The Hall–Kier alpha value is -3.96. The molecule has 0 aromatic heterocycles. The van der Waals surface area contributed by atoms with Crippen molar-refractivity contribution in [2.45, 2.75) is 43.6 Å². The molecule has 1 amide bonds. The van der Waals surface area contributed by atoms with Crippen molar-refractivity contribution in [3.63, 3.8) is 0 Å². The quantitative estimate of drug-likeness (QED) is 0.390. The van der Waals surface area contributed by atoms with E-state index in [1.54, 1.807) is 17.0 Å². The Labute approximate surface area is 210 Å². The molecule has 37 heavy (non-hydrogen) atoms. The van der Waals surface area contributed by atoms with Crippen LogP contribution in [0.2, 0.25) is 0 Å². The molecule has 2 aromatic rings. The number of nitrogens with zero attached hydrogens (tertiary/aromatic N) is 4. The number of carbonyl (C=O) groups excluding carboxylic acids is 1. The van der Waals surface area contributed by atoms with E-state index in [2.05, 4.69) is 20.7 Å². The predicted octanol–water partition coefficient (Wildman–Crippen LogP) is 5.06. The van der Waals surface area contributed by atoms with Crippen LogP contribution in [0.1, 0.15) is 30.7 Å². The molecule has 1 saturated heterocycles. The van der Waals surface area contributed by atoms with Crippen LogP contribution in [0.5, 0.6) is 11.5 Å². The third kappa shape index (κ3) is 6.07. The molecule has 0 bridgehead atoms.